The second-order valence-corrected chi connectivity index (χ2v) is 8.61. The third-order valence-electron chi connectivity index (χ3n) is 7.40. The summed E-state index contributed by atoms with van der Waals surface area (Å²) in [4.78, 5) is 12.5. The molecule has 0 aromatic heterocycles. The van der Waals surface area contributed by atoms with Crippen LogP contribution >= 0.6 is 0 Å². The zero-order valence-electron chi connectivity index (χ0n) is 15.7. The van der Waals surface area contributed by atoms with Crippen LogP contribution in [0.1, 0.15) is 39.5 Å². The summed E-state index contributed by atoms with van der Waals surface area (Å²) in [6, 6.07) is 0. The van der Waals surface area contributed by atoms with Crippen molar-refractivity contribution in [2.24, 2.45) is 23.2 Å². The van der Waals surface area contributed by atoms with Crippen molar-refractivity contribution >= 4 is 5.97 Å². The molecule has 0 aromatic rings. The lowest BCUT2D eigenvalue weighted by Gasteiger charge is -2.48. The first kappa shape index (κ1) is 17.7. The number of hydrogen-bond acceptors (Lipinski definition) is 6. The lowest BCUT2D eigenvalue weighted by Crippen LogP contribution is -2.54. The van der Waals surface area contributed by atoms with Gasteiger partial charge in [-0.25, -0.2) is 0 Å². The summed E-state index contributed by atoms with van der Waals surface area (Å²) in [6.07, 6.45) is 4.48. The van der Waals surface area contributed by atoms with Crippen LogP contribution in [0.2, 0.25) is 0 Å². The molecule has 142 valence electrons. The molecule has 2 aliphatic carbocycles. The quantitative estimate of drug-likeness (QED) is 0.445. The molecular weight excluding hydrogens is 322 g/mol. The molecule has 0 bridgehead atoms. The zero-order valence-corrected chi connectivity index (χ0v) is 15.7. The topological polar surface area (TPSA) is 69.3 Å². The molecule has 6 heteroatoms. The number of hydrogen-bond donors (Lipinski definition) is 1. The summed E-state index contributed by atoms with van der Waals surface area (Å²) in [5.74, 6) is 0.530. The van der Waals surface area contributed by atoms with E-state index in [1.807, 2.05) is 0 Å². The SMILES string of the molecule is COC(CNC[C@H]1C(=O)O[C@@H]2C[C@@]3(C)CCC[C@H](C)[C@@]34O[C@H]4[C@@H]21)OC. The number of rotatable bonds is 6. The van der Waals surface area contributed by atoms with Crippen molar-refractivity contribution in [3.8, 4) is 0 Å². The Morgan fingerprint density at radius 2 is 2.12 bits per heavy atom. The van der Waals surface area contributed by atoms with E-state index in [4.69, 9.17) is 18.9 Å². The van der Waals surface area contributed by atoms with Crippen LogP contribution in [0.4, 0.5) is 0 Å². The van der Waals surface area contributed by atoms with Gasteiger partial charge < -0.3 is 24.3 Å². The Kier molecular flexibility index (Phi) is 4.38. The van der Waals surface area contributed by atoms with E-state index in [1.54, 1.807) is 14.2 Å². The smallest absolute Gasteiger partial charge is 0.311 e. The van der Waals surface area contributed by atoms with Crippen molar-refractivity contribution in [3.63, 3.8) is 0 Å². The number of carbonyl (C=O) groups is 1. The fourth-order valence-electron chi connectivity index (χ4n) is 6.09. The third kappa shape index (κ3) is 2.48. The number of esters is 1. The van der Waals surface area contributed by atoms with Crippen LogP contribution in [0.5, 0.6) is 0 Å². The second-order valence-electron chi connectivity index (χ2n) is 8.61. The van der Waals surface area contributed by atoms with Crippen molar-refractivity contribution in [2.75, 3.05) is 27.3 Å². The molecule has 2 saturated carbocycles. The summed E-state index contributed by atoms with van der Waals surface area (Å²) in [5.41, 5.74) is 0.122. The Morgan fingerprint density at radius 3 is 2.84 bits per heavy atom. The molecule has 7 atom stereocenters. The van der Waals surface area contributed by atoms with Gasteiger partial charge in [0.25, 0.3) is 0 Å². The van der Waals surface area contributed by atoms with Gasteiger partial charge in [0.2, 0.25) is 0 Å². The Hall–Kier alpha value is -0.690. The highest BCUT2D eigenvalue weighted by Crippen LogP contribution is 2.70. The van der Waals surface area contributed by atoms with Crippen LogP contribution in [0.3, 0.4) is 0 Å². The number of fused-ring (bicyclic) bond motifs is 2. The molecular formula is C19H31NO5. The highest BCUT2D eigenvalue weighted by Gasteiger charge is 2.78. The van der Waals surface area contributed by atoms with Crippen LogP contribution in [-0.4, -0.2) is 57.4 Å². The number of carbonyl (C=O) groups excluding carboxylic acids is 1. The summed E-state index contributed by atoms with van der Waals surface area (Å²) in [7, 11) is 3.23. The number of methoxy groups -OCH3 is 2. The van der Waals surface area contributed by atoms with Gasteiger partial charge in [-0.3, -0.25) is 4.79 Å². The van der Waals surface area contributed by atoms with Crippen LogP contribution in [0, 0.1) is 23.2 Å². The normalized spacial score (nSPS) is 47.9. The van der Waals surface area contributed by atoms with Crippen LogP contribution < -0.4 is 5.32 Å². The van der Waals surface area contributed by atoms with E-state index in [-0.39, 0.29) is 47.3 Å². The first-order chi connectivity index (χ1) is 12.0. The Balaban J connectivity index is 1.47. The molecule has 0 unspecified atom stereocenters. The summed E-state index contributed by atoms with van der Waals surface area (Å²) in [6.45, 7) is 5.81. The van der Waals surface area contributed by atoms with Crippen LogP contribution in [0.25, 0.3) is 0 Å². The maximum absolute atomic E-state index is 12.5. The van der Waals surface area contributed by atoms with Crippen molar-refractivity contribution in [2.45, 2.75) is 63.6 Å². The molecule has 0 amide bonds. The lowest BCUT2D eigenvalue weighted by atomic mass is 9.53. The van der Waals surface area contributed by atoms with E-state index in [9.17, 15) is 4.79 Å². The van der Waals surface area contributed by atoms with E-state index < -0.39 is 0 Å². The van der Waals surface area contributed by atoms with Crippen LogP contribution in [0.15, 0.2) is 0 Å². The van der Waals surface area contributed by atoms with E-state index in [0.717, 1.165) is 6.42 Å². The van der Waals surface area contributed by atoms with Crippen molar-refractivity contribution in [1.82, 2.24) is 5.32 Å². The highest BCUT2D eigenvalue weighted by atomic mass is 16.7. The van der Waals surface area contributed by atoms with Crippen molar-refractivity contribution in [1.29, 1.82) is 0 Å². The fraction of sp³-hybridized carbons (Fsp3) is 0.947. The fourth-order valence-corrected chi connectivity index (χ4v) is 6.09. The molecule has 4 fully saturated rings. The maximum Gasteiger partial charge on any atom is 0.311 e. The van der Waals surface area contributed by atoms with Gasteiger partial charge >= 0.3 is 5.97 Å². The van der Waals surface area contributed by atoms with Gasteiger partial charge in [0.1, 0.15) is 11.7 Å². The highest BCUT2D eigenvalue weighted by molar-refractivity contribution is 5.76. The predicted molar refractivity (Wildman–Crippen MR) is 90.9 cm³/mol. The molecule has 2 heterocycles. The molecule has 2 saturated heterocycles. The molecule has 6 nitrogen and oxygen atoms in total. The standard InChI is InChI=1S/C19H31NO5/c1-11-6-5-7-18(2)8-13-15(16-19(11,18)25-16)12(17(21)24-13)9-20-10-14(22-3)23-4/h11-16,20H,5-10H2,1-4H3/t11-,12+,13+,15+,16-,18+,19-/m0/s1. The zero-order chi connectivity index (χ0) is 17.8. The molecule has 4 rings (SSSR count). The second kappa shape index (κ2) is 6.19. The van der Waals surface area contributed by atoms with Crippen molar-refractivity contribution in [3.05, 3.63) is 0 Å². The number of nitrogens with one attached hydrogen (secondary N) is 1. The molecule has 0 radical (unpaired) electrons. The van der Waals surface area contributed by atoms with Gasteiger partial charge in [-0.15, -0.1) is 0 Å². The van der Waals surface area contributed by atoms with Gasteiger partial charge in [-0.2, -0.15) is 0 Å². The molecule has 1 N–H and O–H groups in total. The largest absolute Gasteiger partial charge is 0.462 e. The minimum absolute atomic E-state index is 0.0101. The predicted octanol–water partition coefficient (Wildman–Crippen LogP) is 1.72. The van der Waals surface area contributed by atoms with Crippen LogP contribution in [-0.2, 0) is 23.7 Å². The monoisotopic (exact) mass is 353 g/mol. The minimum Gasteiger partial charge on any atom is -0.462 e. The first-order valence-electron chi connectivity index (χ1n) is 9.61. The van der Waals surface area contributed by atoms with Gasteiger partial charge in [0.05, 0.1) is 12.0 Å². The first-order valence-corrected chi connectivity index (χ1v) is 9.61. The van der Waals surface area contributed by atoms with Crippen molar-refractivity contribution < 1.29 is 23.7 Å². The molecule has 2 aliphatic heterocycles. The van der Waals surface area contributed by atoms with Gasteiger partial charge in [-0.1, -0.05) is 20.3 Å². The molecule has 4 aliphatic rings. The van der Waals surface area contributed by atoms with E-state index in [1.165, 1.54) is 19.3 Å². The molecule has 0 aromatic carbocycles. The summed E-state index contributed by atoms with van der Waals surface area (Å²) < 4.78 is 22.6. The van der Waals surface area contributed by atoms with Gasteiger partial charge in [-0.05, 0) is 25.2 Å². The average molecular weight is 353 g/mol. The molecule has 1 spiro atoms. The van der Waals surface area contributed by atoms with Gasteiger partial charge in [0.15, 0.2) is 6.29 Å². The van der Waals surface area contributed by atoms with E-state index >= 15 is 0 Å². The molecule has 25 heavy (non-hydrogen) atoms. The van der Waals surface area contributed by atoms with E-state index in [2.05, 4.69) is 19.2 Å². The minimum atomic E-state index is -0.301. The summed E-state index contributed by atoms with van der Waals surface area (Å²) in [5, 5.41) is 3.32. The summed E-state index contributed by atoms with van der Waals surface area (Å²) >= 11 is 0. The Morgan fingerprint density at radius 1 is 1.36 bits per heavy atom. The average Bonchev–Trinajstić information content (AvgIpc) is 3.26. The lowest BCUT2D eigenvalue weighted by molar-refractivity contribution is -0.146. The number of epoxide rings is 1. The van der Waals surface area contributed by atoms with E-state index in [0.29, 0.717) is 19.0 Å². The number of ether oxygens (including phenoxy) is 4. The Labute approximate surface area is 149 Å². The van der Waals surface area contributed by atoms with Gasteiger partial charge in [0, 0.05) is 38.6 Å². The maximum atomic E-state index is 12.5. The Bertz CT molecular complexity index is 538. The third-order valence-corrected chi connectivity index (χ3v) is 7.40.